The van der Waals surface area contributed by atoms with Gasteiger partial charge in [-0.1, -0.05) is 45.9 Å². The topological polar surface area (TPSA) is 85.4 Å². The highest BCUT2D eigenvalue weighted by atomic mass is 19.1. The molecule has 2 aromatic carbocycles. The Morgan fingerprint density at radius 1 is 1.19 bits per heavy atom. The van der Waals surface area contributed by atoms with Crippen molar-refractivity contribution in [3.8, 4) is 22.7 Å². The van der Waals surface area contributed by atoms with E-state index < -0.39 is 11.8 Å². The number of benzene rings is 2. The Labute approximate surface area is 212 Å². The second-order valence-electron chi connectivity index (χ2n) is 10.4. The van der Waals surface area contributed by atoms with Gasteiger partial charge in [-0.15, -0.1) is 0 Å². The predicted molar refractivity (Wildman–Crippen MR) is 141 cm³/mol. The SMILES string of the molecule is Cc1cccc(OCC(C)C)c1-n1nc2c(c1-c1ccc(NC(N)=O)c(F)c1)CN(CC(C)C)CC2. The molecule has 0 fully saturated rings. The fourth-order valence-electron chi connectivity index (χ4n) is 4.73. The second kappa shape index (κ2) is 10.7. The van der Waals surface area contributed by atoms with Crippen molar-refractivity contribution in [2.45, 2.75) is 47.6 Å². The Hall–Kier alpha value is -3.39. The minimum atomic E-state index is -0.805. The van der Waals surface area contributed by atoms with E-state index in [4.69, 9.17) is 15.6 Å². The fraction of sp³-hybridized carbons (Fsp3) is 0.429. The van der Waals surface area contributed by atoms with Crippen molar-refractivity contribution in [1.82, 2.24) is 14.7 Å². The summed E-state index contributed by atoms with van der Waals surface area (Å²) in [5, 5.41) is 7.40. The first kappa shape index (κ1) is 25.7. The average Bonchev–Trinajstić information content (AvgIpc) is 3.16. The number of nitrogens with two attached hydrogens (primary N) is 1. The third-order valence-corrected chi connectivity index (χ3v) is 6.22. The number of nitrogens with one attached hydrogen (secondary N) is 1. The zero-order chi connectivity index (χ0) is 26.0. The quantitative estimate of drug-likeness (QED) is 0.432. The molecule has 0 atom stereocenters. The number of carbonyl (C=O) groups is 1. The van der Waals surface area contributed by atoms with Gasteiger partial charge < -0.3 is 15.8 Å². The van der Waals surface area contributed by atoms with Crippen molar-refractivity contribution in [2.24, 2.45) is 17.6 Å². The van der Waals surface area contributed by atoms with Crippen molar-refractivity contribution in [3.05, 3.63) is 59.0 Å². The molecule has 8 heteroatoms. The maximum Gasteiger partial charge on any atom is 0.316 e. The third kappa shape index (κ3) is 5.54. The maximum absolute atomic E-state index is 15.1. The summed E-state index contributed by atoms with van der Waals surface area (Å²) in [4.78, 5) is 13.7. The molecule has 3 N–H and O–H groups in total. The summed E-state index contributed by atoms with van der Waals surface area (Å²) in [6.07, 6.45) is 0.819. The number of fused-ring (bicyclic) bond motifs is 1. The van der Waals surface area contributed by atoms with Gasteiger partial charge in [0, 0.05) is 37.2 Å². The van der Waals surface area contributed by atoms with Gasteiger partial charge in [0.25, 0.3) is 0 Å². The number of para-hydroxylation sites is 1. The molecule has 2 amide bonds. The van der Waals surface area contributed by atoms with E-state index in [-0.39, 0.29) is 5.69 Å². The number of primary amides is 1. The molecule has 1 aliphatic heterocycles. The van der Waals surface area contributed by atoms with E-state index in [9.17, 15) is 4.79 Å². The number of aryl methyl sites for hydroxylation is 1. The smallest absolute Gasteiger partial charge is 0.316 e. The first-order valence-electron chi connectivity index (χ1n) is 12.6. The van der Waals surface area contributed by atoms with Crippen molar-refractivity contribution >= 4 is 11.7 Å². The van der Waals surface area contributed by atoms with E-state index in [0.29, 0.717) is 24.0 Å². The van der Waals surface area contributed by atoms with Crippen LogP contribution in [0.15, 0.2) is 36.4 Å². The molecule has 0 saturated heterocycles. The van der Waals surface area contributed by atoms with E-state index in [1.54, 1.807) is 12.1 Å². The minimum absolute atomic E-state index is 0.0458. The lowest BCUT2D eigenvalue weighted by Crippen LogP contribution is -2.33. The largest absolute Gasteiger partial charge is 0.491 e. The van der Waals surface area contributed by atoms with Crippen molar-refractivity contribution < 1.29 is 13.9 Å². The molecular weight excluding hydrogens is 457 g/mol. The highest BCUT2D eigenvalue weighted by molar-refractivity contribution is 5.88. The van der Waals surface area contributed by atoms with E-state index in [0.717, 1.165) is 60.0 Å². The molecule has 0 radical (unpaired) electrons. The number of hydrogen-bond acceptors (Lipinski definition) is 4. The number of aromatic nitrogens is 2. The predicted octanol–water partition coefficient (Wildman–Crippen LogP) is 5.53. The van der Waals surface area contributed by atoms with Crippen LogP contribution in [0.25, 0.3) is 16.9 Å². The number of ether oxygens (including phenoxy) is 1. The van der Waals surface area contributed by atoms with Crippen molar-refractivity contribution in [1.29, 1.82) is 0 Å². The molecule has 4 rings (SSSR count). The van der Waals surface area contributed by atoms with Gasteiger partial charge in [-0.2, -0.15) is 5.10 Å². The van der Waals surface area contributed by atoms with E-state index in [1.807, 2.05) is 29.8 Å². The van der Waals surface area contributed by atoms with Crippen LogP contribution in [0, 0.1) is 24.6 Å². The summed E-state index contributed by atoms with van der Waals surface area (Å²) in [5.41, 5.74) is 10.8. The van der Waals surface area contributed by atoms with Crippen LogP contribution in [0.4, 0.5) is 14.9 Å². The molecule has 0 spiro atoms. The number of anilines is 1. The van der Waals surface area contributed by atoms with Crippen LogP contribution in [-0.2, 0) is 13.0 Å². The number of urea groups is 1. The van der Waals surface area contributed by atoms with Crippen LogP contribution in [0.1, 0.15) is 44.5 Å². The standard InChI is InChI=1S/C28H36FN5O2/c1-17(2)14-33-12-11-23-21(15-33)27(20-9-10-24(22(29)13-20)31-28(30)35)34(32-23)26-19(5)7-6-8-25(26)36-16-18(3)4/h6-10,13,17-18H,11-12,14-16H2,1-5H3,(H3,30,31,35). The van der Waals surface area contributed by atoms with Crippen LogP contribution in [0.2, 0.25) is 0 Å². The van der Waals surface area contributed by atoms with Gasteiger partial charge in [-0.05, 0) is 42.5 Å². The maximum atomic E-state index is 15.1. The molecule has 1 aliphatic rings. The van der Waals surface area contributed by atoms with Crippen molar-refractivity contribution in [3.63, 3.8) is 0 Å². The molecule has 7 nitrogen and oxygen atoms in total. The highest BCUT2D eigenvalue weighted by Gasteiger charge is 2.28. The number of carbonyl (C=O) groups excluding carboxylic acids is 1. The minimum Gasteiger partial charge on any atom is -0.491 e. The first-order valence-corrected chi connectivity index (χ1v) is 12.6. The second-order valence-corrected chi connectivity index (χ2v) is 10.4. The third-order valence-electron chi connectivity index (χ3n) is 6.22. The molecule has 2 heterocycles. The van der Waals surface area contributed by atoms with Gasteiger partial charge in [0.2, 0.25) is 0 Å². The number of hydrogen-bond donors (Lipinski definition) is 2. The number of nitrogens with zero attached hydrogens (tertiary/aromatic N) is 3. The van der Waals surface area contributed by atoms with Crippen LogP contribution < -0.4 is 15.8 Å². The zero-order valence-electron chi connectivity index (χ0n) is 21.8. The molecule has 0 aliphatic carbocycles. The van der Waals surface area contributed by atoms with Gasteiger partial charge in [0.15, 0.2) is 0 Å². The molecule has 0 bridgehead atoms. The number of rotatable bonds is 8. The summed E-state index contributed by atoms with van der Waals surface area (Å²) < 4.78 is 23.2. The highest BCUT2D eigenvalue weighted by Crippen LogP contribution is 2.37. The monoisotopic (exact) mass is 493 g/mol. The molecule has 1 aromatic heterocycles. The van der Waals surface area contributed by atoms with Crippen LogP contribution in [-0.4, -0.2) is 40.4 Å². The van der Waals surface area contributed by atoms with E-state index >= 15 is 4.39 Å². The normalized spacial score (nSPS) is 13.8. The first-order chi connectivity index (χ1) is 17.1. The van der Waals surface area contributed by atoms with E-state index in [2.05, 4.69) is 37.9 Å². The van der Waals surface area contributed by atoms with Crippen LogP contribution >= 0.6 is 0 Å². The Bertz CT molecular complexity index is 1250. The van der Waals surface area contributed by atoms with Gasteiger partial charge in [-0.25, -0.2) is 13.9 Å². The lowest BCUT2D eigenvalue weighted by atomic mass is 9.99. The lowest BCUT2D eigenvalue weighted by molar-refractivity contribution is 0.226. The fourth-order valence-corrected chi connectivity index (χ4v) is 4.73. The lowest BCUT2D eigenvalue weighted by Gasteiger charge is -2.28. The number of halogens is 1. The zero-order valence-corrected chi connectivity index (χ0v) is 21.8. The molecule has 0 unspecified atom stereocenters. The Kier molecular flexibility index (Phi) is 7.64. The Balaban J connectivity index is 1.89. The summed E-state index contributed by atoms with van der Waals surface area (Å²) >= 11 is 0. The molecular formula is C28H36FN5O2. The van der Waals surface area contributed by atoms with Crippen molar-refractivity contribution in [2.75, 3.05) is 25.0 Å². The van der Waals surface area contributed by atoms with Crippen LogP contribution in [0.5, 0.6) is 5.75 Å². The Morgan fingerprint density at radius 3 is 2.64 bits per heavy atom. The molecule has 36 heavy (non-hydrogen) atoms. The van der Waals surface area contributed by atoms with E-state index in [1.165, 1.54) is 6.07 Å². The summed E-state index contributed by atoms with van der Waals surface area (Å²) in [6, 6.07) is 9.95. The van der Waals surface area contributed by atoms with Crippen LogP contribution in [0.3, 0.4) is 0 Å². The average molecular weight is 494 g/mol. The van der Waals surface area contributed by atoms with Gasteiger partial charge >= 0.3 is 6.03 Å². The molecule has 3 aromatic rings. The molecule has 192 valence electrons. The summed E-state index contributed by atoms with van der Waals surface area (Å²) in [6.45, 7) is 13.9. The van der Waals surface area contributed by atoms with Gasteiger partial charge in [0.1, 0.15) is 17.3 Å². The molecule has 0 saturated carbocycles. The van der Waals surface area contributed by atoms with Gasteiger partial charge in [-0.3, -0.25) is 4.90 Å². The van der Waals surface area contributed by atoms with Gasteiger partial charge in [0.05, 0.1) is 23.7 Å². The number of amides is 2. The summed E-state index contributed by atoms with van der Waals surface area (Å²) in [5.74, 6) is 1.10. The summed E-state index contributed by atoms with van der Waals surface area (Å²) in [7, 11) is 0. The Morgan fingerprint density at radius 2 is 1.97 bits per heavy atom.